The number of nitrogens with zero attached hydrogens (tertiary/aromatic N) is 4. The number of amides is 1. The fourth-order valence-corrected chi connectivity index (χ4v) is 2.13. The van der Waals surface area contributed by atoms with Crippen LogP contribution in [0.1, 0.15) is 37.0 Å². The Bertz CT molecular complexity index is 579. The van der Waals surface area contributed by atoms with Crippen LogP contribution in [0.4, 0.5) is 11.6 Å². The van der Waals surface area contributed by atoms with Crippen LogP contribution in [0.15, 0.2) is 36.7 Å². The van der Waals surface area contributed by atoms with Gasteiger partial charge in [0.25, 0.3) is 5.91 Å². The summed E-state index contributed by atoms with van der Waals surface area (Å²) in [6, 6.07) is 7.08. The second-order valence-electron chi connectivity index (χ2n) is 4.96. The van der Waals surface area contributed by atoms with E-state index >= 15 is 0 Å². The van der Waals surface area contributed by atoms with Crippen LogP contribution in [0, 0.1) is 0 Å². The first kappa shape index (κ1) is 15.9. The van der Waals surface area contributed by atoms with E-state index < -0.39 is 0 Å². The van der Waals surface area contributed by atoms with Crippen molar-refractivity contribution < 1.29 is 4.79 Å². The molecule has 1 N–H and O–H groups in total. The maximum absolute atomic E-state index is 12.0. The minimum Gasteiger partial charge on any atom is -0.355 e. The molecule has 0 saturated carbocycles. The average Bonchev–Trinajstić information content (AvgIpc) is 2.56. The molecule has 0 atom stereocenters. The van der Waals surface area contributed by atoms with Crippen LogP contribution >= 0.6 is 0 Å². The van der Waals surface area contributed by atoms with Crippen molar-refractivity contribution in [3.63, 3.8) is 0 Å². The summed E-state index contributed by atoms with van der Waals surface area (Å²) in [5.74, 6) is 1.03. The van der Waals surface area contributed by atoms with E-state index in [2.05, 4.69) is 39.2 Å². The lowest BCUT2D eigenvalue weighted by Gasteiger charge is -2.21. The predicted molar refractivity (Wildman–Crippen MR) is 87.0 cm³/mol. The van der Waals surface area contributed by atoms with E-state index in [1.54, 1.807) is 24.4 Å². The number of carbonyl (C=O) groups is 1. The lowest BCUT2D eigenvalue weighted by Crippen LogP contribution is -2.26. The van der Waals surface area contributed by atoms with Gasteiger partial charge in [0.1, 0.15) is 0 Å². The zero-order valence-corrected chi connectivity index (χ0v) is 13.0. The van der Waals surface area contributed by atoms with Gasteiger partial charge in [0.2, 0.25) is 0 Å². The van der Waals surface area contributed by atoms with E-state index in [9.17, 15) is 4.79 Å². The third-order valence-electron chi connectivity index (χ3n) is 3.13. The van der Waals surface area contributed by atoms with Crippen molar-refractivity contribution >= 4 is 17.5 Å². The van der Waals surface area contributed by atoms with Gasteiger partial charge in [0, 0.05) is 25.5 Å². The van der Waals surface area contributed by atoms with E-state index in [0.29, 0.717) is 11.4 Å². The minimum absolute atomic E-state index is 0.242. The largest absolute Gasteiger partial charge is 0.355 e. The zero-order chi connectivity index (χ0) is 15.8. The molecule has 2 aromatic heterocycles. The first-order valence-electron chi connectivity index (χ1n) is 7.54. The highest BCUT2D eigenvalue weighted by molar-refractivity contribution is 6.03. The maximum Gasteiger partial charge on any atom is 0.258 e. The van der Waals surface area contributed by atoms with Gasteiger partial charge in [-0.3, -0.25) is 9.78 Å². The summed E-state index contributed by atoms with van der Waals surface area (Å²) in [5, 5.41) is 11.0. The van der Waals surface area contributed by atoms with Crippen molar-refractivity contribution in [2.24, 2.45) is 0 Å². The van der Waals surface area contributed by atoms with E-state index in [0.717, 1.165) is 31.7 Å². The third-order valence-corrected chi connectivity index (χ3v) is 3.13. The van der Waals surface area contributed by atoms with Crippen molar-refractivity contribution in [3.8, 4) is 0 Å². The number of pyridine rings is 1. The molecule has 0 spiro atoms. The zero-order valence-electron chi connectivity index (χ0n) is 13.0. The Balaban J connectivity index is 2.03. The highest BCUT2D eigenvalue weighted by Crippen LogP contribution is 2.13. The lowest BCUT2D eigenvalue weighted by molar-refractivity contribution is 0.102. The quantitative estimate of drug-likeness (QED) is 0.851. The molecule has 2 heterocycles. The van der Waals surface area contributed by atoms with Crippen molar-refractivity contribution in [3.05, 3.63) is 42.2 Å². The lowest BCUT2D eigenvalue weighted by atomic mass is 10.3. The Labute approximate surface area is 130 Å². The number of aromatic nitrogens is 3. The number of hydrogen-bond acceptors (Lipinski definition) is 5. The van der Waals surface area contributed by atoms with Gasteiger partial charge in [-0.2, -0.15) is 0 Å². The van der Waals surface area contributed by atoms with Crippen molar-refractivity contribution in [2.45, 2.75) is 26.7 Å². The van der Waals surface area contributed by atoms with Crippen LogP contribution in [0.2, 0.25) is 0 Å². The van der Waals surface area contributed by atoms with Crippen molar-refractivity contribution in [2.75, 3.05) is 23.3 Å². The molecule has 116 valence electrons. The highest BCUT2D eigenvalue weighted by atomic mass is 16.1. The average molecular weight is 299 g/mol. The number of hydrogen-bond donors (Lipinski definition) is 1. The molecule has 0 aliphatic carbocycles. The van der Waals surface area contributed by atoms with E-state index in [1.165, 1.54) is 6.20 Å². The molecule has 6 heteroatoms. The van der Waals surface area contributed by atoms with Crippen molar-refractivity contribution in [1.29, 1.82) is 0 Å². The molecule has 0 aliphatic rings. The number of nitrogens with one attached hydrogen (secondary N) is 1. The standard InChI is InChI=1S/C16H21N5O/c1-3-10-21(11-4-2)15-8-7-14(19-20-15)18-16(22)13-6-5-9-17-12-13/h5-9,12H,3-4,10-11H2,1-2H3,(H,18,19,22). The molecular weight excluding hydrogens is 278 g/mol. The molecule has 2 aromatic rings. The molecule has 22 heavy (non-hydrogen) atoms. The van der Waals surface area contributed by atoms with Gasteiger partial charge < -0.3 is 10.2 Å². The minimum atomic E-state index is -0.242. The van der Waals surface area contributed by atoms with Crippen LogP contribution in [0.25, 0.3) is 0 Å². The fourth-order valence-electron chi connectivity index (χ4n) is 2.13. The predicted octanol–water partition coefficient (Wildman–Crippen LogP) is 2.75. The number of carbonyl (C=O) groups excluding carboxylic acids is 1. The SMILES string of the molecule is CCCN(CCC)c1ccc(NC(=O)c2cccnc2)nn1. The molecule has 0 aliphatic heterocycles. The summed E-state index contributed by atoms with van der Waals surface area (Å²) in [6.07, 6.45) is 5.26. The maximum atomic E-state index is 12.0. The van der Waals surface area contributed by atoms with Gasteiger partial charge in [-0.25, -0.2) is 0 Å². The van der Waals surface area contributed by atoms with Gasteiger partial charge in [-0.1, -0.05) is 13.8 Å². The summed E-state index contributed by atoms with van der Waals surface area (Å²) in [7, 11) is 0. The summed E-state index contributed by atoms with van der Waals surface area (Å²) >= 11 is 0. The van der Waals surface area contributed by atoms with E-state index in [4.69, 9.17) is 0 Å². The molecule has 0 saturated heterocycles. The normalized spacial score (nSPS) is 10.3. The Morgan fingerprint density at radius 1 is 1.14 bits per heavy atom. The van der Waals surface area contributed by atoms with Gasteiger partial charge >= 0.3 is 0 Å². The molecule has 0 unspecified atom stereocenters. The molecule has 1 amide bonds. The Hall–Kier alpha value is -2.50. The van der Waals surface area contributed by atoms with Crippen LogP contribution < -0.4 is 10.2 Å². The highest BCUT2D eigenvalue weighted by Gasteiger charge is 2.09. The van der Waals surface area contributed by atoms with Crippen molar-refractivity contribution in [1.82, 2.24) is 15.2 Å². The molecular formula is C16H21N5O. The fraction of sp³-hybridized carbons (Fsp3) is 0.375. The molecule has 0 fully saturated rings. The van der Waals surface area contributed by atoms with E-state index in [-0.39, 0.29) is 5.91 Å². The molecule has 0 bridgehead atoms. The van der Waals surface area contributed by atoms with Crippen LogP contribution in [-0.2, 0) is 0 Å². The smallest absolute Gasteiger partial charge is 0.258 e. The first-order chi connectivity index (χ1) is 10.7. The Morgan fingerprint density at radius 2 is 1.91 bits per heavy atom. The summed E-state index contributed by atoms with van der Waals surface area (Å²) in [6.45, 7) is 6.17. The summed E-state index contributed by atoms with van der Waals surface area (Å²) in [4.78, 5) is 18.1. The second-order valence-corrected chi connectivity index (χ2v) is 4.96. The summed E-state index contributed by atoms with van der Waals surface area (Å²) < 4.78 is 0. The van der Waals surface area contributed by atoms with Crippen LogP contribution in [0.3, 0.4) is 0 Å². The Kier molecular flexibility index (Phi) is 5.82. The third kappa shape index (κ3) is 4.25. The molecule has 6 nitrogen and oxygen atoms in total. The van der Waals surface area contributed by atoms with Crippen LogP contribution in [0.5, 0.6) is 0 Å². The molecule has 0 radical (unpaired) electrons. The van der Waals surface area contributed by atoms with E-state index in [1.807, 2.05) is 6.07 Å². The van der Waals surface area contributed by atoms with Gasteiger partial charge in [-0.15, -0.1) is 10.2 Å². The molecule has 2 rings (SSSR count). The topological polar surface area (TPSA) is 71.0 Å². The molecule has 0 aromatic carbocycles. The first-order valence-corrected chi connectivity index (χ1v) is 7.54. The number of anilines is 2. The van der Waals surface area contributed by atoms with Gasteiger partial charge in [0.15, 0.2) is 11.6 Å². The summed E-state index contributed by atoms with van der Waals surface area (Å²) in [5.41, 5.74) is 0.493. The monoisotopic (exact) mass is 299 g/mol. The second kappa shape index (κ2) is 8.07. The van der Waals surface area contributed by atoms with Gasteiger partial charge in [0.05, 0.1) is 5.56 Å². The van der Waals surface area contributed by atoms with Gasteiger partial charge in [-0.05, 0) is 37.1 Å². The van der Waals surface area contributed by atoms with Crippen LogP contribution in [-0.4, -0.2) is 34.2 Å². The Morgan fingerprint density at radius 3 is 2.45 bits per heavy atom. The number of rotatable bonds is 7.